The number of sulfonamides is 1. The van der Waals surface area contributed by atoms with Crippen LogP contribution in [-0.4, -0.2) is 38.4 Å². The number of anilines is 1. The summed E-state index contributed by atoms with van der Waals surface area (Å²) in [7, 11) is -4.46. The van der Waals surface area contributed by atoms with E-state index in [0.29, 0.717) is 16.8 Å². The zero-order valence-electron chi connectivity index (χ0n) is 18.6. The average molecular weight is 504 g/mol. The Bertz CT molecular complexity index is 1320. The van der Waals surface area contributed by atoms with E-state index < -0.39 is 32.7 Å². The molecule has 0 bridgehead atoms. The van der Waals surface area contributed by atoms with Crippen LogP contribution in [0.25, 0.3) is 11.1 Å². The van der Waals surface area contributed by atoms with Crippen molar-refractivity contribution in [2.75, 3.05) is 18.8 Å². The van der Waals surface area contributed by atoms with Crippen LogP contribution in [0.15, 0.2) is 77.7 Å². The molecule has 3 N–H and O–H groups in total. The molecule has 3 aromatic carbocycles. The number of hydrogen-bond acceptors (Lipinski definition) is 4. The van der Waals surface area contributed by atoms with Gasteiger partial charge in [0.05, 0.1) is 16.0 Å². The molecular weight excluding hydrogens is 479 g/mol. The molecule has 1 heterocycles. The van der Waals surface area contributed by atoms with E-state index in [-0.39, 0.29) is 37.4 Å². The van der Waals surface area contributed by atoms with Crippen LogP contribution in [0.5, 0.6) is 0 Å². The van der Waals surface area contributed by atoms with E-state index in [1.807, 2.05) is 0 Å². The van der Waals surface area contributed by atoms with E-state index in [4.69, 9.17) is 5.73 Å². The van der Waals surface area contributed by atoms with Crippen LogP contribution in [-0.2, 0) is 16.2 Å². The monoisotopic (exact) mass is 503 g/mol. The number of nitrogens with two attached hydrogens (primary N) is 1. The Kier molecular flexibility index (Phi) is 6.86. The normalized spacial score (nSPS) is 15.2. The first-order valence-corrected chi connectivity index (χ1v) is 12.5. The summed E-state index contributed by atoms with van der Waals surface area (Å²) in [6.07, 6.45) is -4.33. The molecule has 0 saturated carbocycles. The Morgan fingerprint density at radius 2 is 1.54 bits per heavy atom. The number of carbonyl (C=O) groups is 1. The maximum atomic E-state index is 13.8. The Morgan fingerprint density at radius 3 is 2.17 bits per heavy atom. The van der Waals surface area contributed by atoms with Gasteiger partial charge in [0.25, 0.3) is 5.91 Å². The Hall–Kier alpha value is -3.37. The van der Waals surface area contributed by atoms with Crippen LogP contribution in [0.3, 0.4) is 0 Å². The number of carbonyl (C=O) groups excluding carboxylic acids is 1. The van der Waals surface area contributed by atoms with Gasteiger partial charge in [0.1, 0.15) is 0 Å². The molecule has 3 aromatic rings. The van der Waals surface area contributed by atoms with Crippen LogP contribution in [0, 0.1) is 0 Å². The number of amides is 1. The number of hydrogen-bond donors (Lipinski definition) is 2. The predicted octanol–water partition coefficient (Wildman–Crippen LogP) is 4.54. The quantitative estimate of drug-likeness (QED) is 0.500. The number of para-hydroxylation sites is 1. The van der Waals surface area contributed by atoms with E-state index in [1.54, 1.807) is 59.5 Å². The first kappa shape index (κ1) is 24.7. The highest BCUT2D eigenvalue weighted by molar-refractivity contribution is 7.89. The molecule has 0 radical (unpaired) electrons. The summed E-state index contributed by atoms with van der Waals surface area (Å²) in [5, 5.41) is 0. The van der Waals surface area contributed by atoms with Crippen molar-refractivity contribution in [2.24, 2.45) is 0 Å². The molecule has 35 heavy (non-hydrogen) atoms. The van der Waals surface area contributed by atoms with Crippen molar-refractivity contribution in [3.63, 3.8) is 0 Å². The van der Waals surface area contributed by atoms with Crippen molar-refractivity contribution in [1.82, 2.24) is 9.62 Å². The number of nitrogens with one attached hydrogen (secondary N) is 1. The number of nitrogen functional groups attached to an aromatic ring is 1. The summed E-state index contributed by atoms with van der Waals surface area (Å²) in [4.78, 5) is 13.5. The van der Waals surface area contributed by atoms with Crippen LogP contribution in [0.1, 0.15) is 28.8 Å². The lowest BCUT2D eigenvalue weighted by molar-refractivity contribution is -0.139. The highest BCUT2D eigenvalue weighted by atomic mass is 32.2. The van der Waals surface area contributed by atoms with Gasteiger partial charge in [-0.05, 0) is 48.2 Å². The molecular formula is C25H24F3N3O3S. The number of rotatable bonds is 5. The van der Waals surface area contributed by atoms with Crippen molar-refractivity contribution in [2.45, 2.75) is 30.0 Å². The fourth-order valence-corrected chi connectivity index (χ4v) is 5.65. The Morgan fingerprint density at radius 1 is 0.914 bits per heavy atom. The smallest absolute Gasteiger partial charge is 0.398 e. The zero-order valence-corrected chi connectivity index (χ0v) is 19.4. The number of likely N-dealkylation sites (tertiary alicyclic amines) is 1. The van der Waals surface area contributed by atoms with Gasteiger partial charge in [-0.15, -0.1) is 0 Å². The van der Waals surface area contributed by atoms with Crippen molar-refractivity contribution < 1.29 is 26.4 Å². The third-order valence-corrected chi connectivity index (χ3v) is 7.56. The average Bonchev–Trinajstić information content (AvgIpc) is 2.84. The van der Waals surface area contributed by atoms with Gasteiger partial charge in [-0.1, -0.05) is 48.5 Å². The second-order valence-corrected chi connectivity index (χ2v) is 10.0. The molecule has 0 atom stereocenters. The van der Waals surface area contributed by atoms with E-state index in [2.05, 4.69) is 4.72 Å². The Balaban J connectivity index is 1.51. The molecule has 184 valence electrons. The van der Waals surface area contributed by atoms with Crippen LogP contribution < -0.4 is 10.5 Å². The second kappa shape index (κ2) is 9.71. The van der Waals surface area contributed by atoms with E-state index >= 15 is 0 Å². The number of piperidine rings is 1. The number of halogens is 3. The summed E-state index contributed by atoms with van der Waals surface area (Å²) in [6, 6.07) is 17.7. The van der Waals surface area contributed by atoms with E-state index in [0.717, 1.165) is 12.1 Å². The molecule has 10 heteroatoms. The van der Waals surface area contributed by atoms with Crippen molar-refractivity contribution in [3.05, 3.63) is 83.9 Å². The van der Waals surface area contributed by atoms with Gasteiger partial charge in [-0.2, -0.15) is 13.2 Å². The van der Waals surface area contributed by atoms with Gasteiger partial charge < -0.3 is 10.6 Å². The van der Waals surface area contributed by atoms with Gasteiger partial charge >= 0.3 is 6.18 Å². The summed E-state index contributed by atoms with van der Waals surface area (Å²) in [5.74, 6) is -0.264. The number of alkyl halides is 3. The summed E-state index contributed by atoms with van der Waals surface area (Å²) < 4.78 is 69.9. The standard InChI is InChI=1S/C25H24F3N3O3S/c26-25(27,28)21-16-18(17-6-2-1-3-7-17)10-11-23(21)35(33,34)30-19-12-14-31(15-13-19)24(32)20-8-4-5-9-22(20)29/h1-11,16,19,30H,12-15,29H2. The fourth-order valence-electron chi connectivity index (χ4n) is 4.14. The molecule has 1 aliphatic rings. The van der Waals surface area contributed by atoms with Gasteiger partial charge in [-0.3, -0.25) is 4.79 Å². The molecule has 1 fully saturated rings. The maximum Gasteiger partial charge on any atom is 0.417 e. The molecule has 4 rings (SSSR count). The predicted molar refractivity (Wildman–Crippen MR) is 127 cm³/mol. The third kappa shape index (κ3) is 5.49. The summed E-state index contributed by atoms with van der Waals surface area (Å²) in [6.45, 7) is 0.499. The van der Waals surface area contributed by atoms with Gasteiger partial charge in [0.15, 0.2) is 0 Å². The molecule has 0 spiro atoms. The number of benzene rings is 3. The lowest BCUT2D eigenvalue weighted by Crippen LogP contribution is -2.46. The van der Waals surface area contributed by atoms with Crippen LogP contribution in [0.4, 0.5) is 18.9 Å². The highest BCUT2D eigenvalue weighted by Crippen LogP contribution is 2.37. The molecule has 0 aliphatic carbocycles. The van der Waals surface area contributed by atoms with Crippen LogP contribution >= 0.6 is 0 Å². The fraction of sp³-hybridized carbons (Fsp3) is 0.240. The molecule has 0 unspecified atom stereocenters. The lowest BCUT2D eigenvalue weighted by atomic mass is 10.0. The molecule has 1 amide bonds. The molecule has 6 nitrogen and oxygen atoms in total. The maximum absolute atomic E-state index is 13.8. The topological polar surface area (TPSA) is 92.5 Å². The zero-order chi connectivity index (χ0) is 25.2. The molecule has 1 aliphatic heterocycles. The summed E-state index contributed by atoms with van der Waals surface area (Å²) >= 11 is 0. The van der Waals surface area contributed by atoms with E-state index in [1.165, 1.54) is 6.07 Å². The van der Waals surface area contributed by atoms with Crippen molar-refractivity contribution in [3.8, 4) is 11.1 Å². The lowest BCUT2D eigenvalue weighted by Gasteiger charge is -2.32. The Labute approximate surface area is 201 Å². The minimum Gasteiger partial charge on any atom is -0.398 e. The van der Waals surface area contributed by atoms with Gasteiger partial charge in [0.2, 0.25) is 10.0 Å². The van der Waals surface area contributed by atoms with Gasteiger partial charge in [0, 0.05) is 24.8 Å². The number of nitrogens with zero attached hydrogens (tertiary/aromatic N) is 1. The van der Waals surface area contributed by atoms with Crippen molar-refractivity contribution >= 4 is 21.6 Å². The minimum atomic E-state index is -4.86. The second-order valence-electron chi connectivity index (χ2n) is 8.35. The largest absolute Gasteiger partial charge is 0.417 e. The summed E-state index contributed by atoms with van der Waals surface area (Å²) in [5.41, 5.74) is 6.17. The minimum absolute atomic E-state index is 0.249. The van der Waals surface area contributed by atoms with Gasteiger partial charge in [-0.25, -0.2) is 13.1 Å². The first-order valence-electron chi connectivity index (χ1n) is 11.0. The molecule has 1 saturated heterocycles. The third-order valence-electron chi connectivity index (χ3n) is 5.98. The SMILES string of the molecule is Nc1ccccc1C(=O)N1CCC(NS(=O)(=O)c2ccc(-c3ccccc3)cc2C(F)(F)F)CC1. The van der Waals surface area contributed by atoms with E-state index in [9.17, 15) is 26.4 Å². The first-order chi connectivity index (χ1) is 16.6. The van der Waals surface area contributed by atoms with Crippen LogP contribution in [0.2, 0.25) is 0 Å². The molecule has 0 aromatic heterocycles. The van der Waals surface area contributed by atoms with Crippen molar-refractivity contribution in [1.29, 1.82) is 0 Å². The highest BCUT2D eigenvalue weighted by Gasteiger charge is 2.38.